The van der Waals surface area contributed by atoms with Crippen LogP contribution in [-0.2, 0) is 10.0 Å². The summed E-state index contributed by atoms with van der Waals surface area (Å²) in [5.41, 5.74) is 7.02. The maximum absolute atomic E-state index is 12.4. The fraction of sp³-hybridized carbons (Fsp3) is 0.0714. The van der Waals surface area contributed by atoms with Crippen LogP contribution in [0.25, 0.3) is 0 Å². The van der Waals surface area contributed by atoms with E-state index in [0.717, 1.165) is 0 Å². The van der Waals surface area contributed by atoms with Gasteiger partial charge < -0.3 is 5.73 Å². The molecule has 2 N–H and O–H groups in total. The van der Waals surface area contributed by atoms with Crippen molar-refractivity contribution in [3.63, 3.8) is 0 Å². The molecule has 0 aliphatic rings. The number of benzene rings is 2. The van der Waals surface area contributed by atoms with Crippen LogP contribution in [0.3, 0.4) is 0 Å². The molecule has 0 heterocycles. The zero-order valence-electron chi connectivity index (χ0n) is 10.8. The van der Waals surface area contributed by atoms with Crippen LogP contribution in [0.4, 0.5) is 11.4 Å². The van der Waals surface area contributed by atoms with E-state index in [2.05, 4.69) is 0 Å². The molecular weight excluding hydrogens is 274 g/mol. The molecule has 0 atom stereocenters. The first-order valence-corrected chi connectivity index (χ1v) is 7.24. The van der Waals surface area contributed by atoms with Crippen molar-refractivity contribution < 1.29 is 8.42 Å². The summed E-state index contributed by atoms with van der Waals surface area (Å²) in [4.78, 5) is 0.165. The van der Waals surface area contributed by atoms with Gasteiger partial charge in [0, 0.05) is 12.7 Å². The third-order valence-corrected chi connectivity index (χ3v) is 4.70. The summed E-state index contributed by atoms with van der Waals surface area (Å²) in [5, 5.41) is 8.74. The van der Waals surface area contributed by atoms with Gasteiger partial charge in [-0.15, -0.1) is 0 Å². The van der Waals surface area contributed by atoms with Crippen molar-refractivity contribution in [2.75, 3.05) is 17.1 Å². The first-order valence-electron chi connectivity index (χ1n) is 5.80. The molecule has 102 valence electrons. The van der Waals surface area contributed by atoms with E-state index in [1.807, 2.05) is 6.07 Å². The molecule has 2 aromatic rings. The summed E-state index contributed by atoms with van der Waals surface area (Å²) in [7, 11) is -2.17. The van der Waals surface area contributed by atoms with Crippen LogP contribution in [0.5, 0.6) is 0 Å². The van der Waals surface area contributed by atoms with Gasteiger partial charge in [-0.2, -0.15) is 5.26 Å². The molecule has 0 aromatic heterocycles. The molecular formula is C14H13N3O2S. The highest BCUT2D eigenvalue weighted by Gasteiger charge is 2.20. The fourth-order valence-electron chi connectivity index (χ4n) is 1.68. The van der Waals surface area contributed by atoms with Crippen LogP contribution in [0.2, 0.25) is 0 Å². The van der Waals surface area contributed by atoms with Gasteiger partial charge in [0.1, 0.15) is 0 Å². The smallest absolute Gasteiger partial charge is 0.264 e. The third-order valence-electron chi connectivity index (χ3n) is 2.90. The average Bonchev–Trinajstić information content (AvgIpc) is 2.47. The number of hydrogen-bond acceptors (Lipinski definition) is 4. The quantitative estimate of drug-likeness (QED) is 0.874. The molecule has 2 aromatic carbocycles. The summed E-state index contributed by atoms with van der Waals surface area (Å²) in [6.07, 6.45) is 0. The molecule has 20 heavy (non-hydrogen) atoms. The molecule has 5 nitrogen and oxygen atoms in total. The van der Waals surface area contributed by atoms with Gasteiger partial charge in [-0.05, 0) is 48.5 Å². The van der Waals surface area contributed by atoms with E-state index in [0.29, 0.717) is 16.9 Å². The van der Waals surface area contributed by atoms with Crippen molar-refractivity contribution in [3.8, 4) is 6.07 Å². The Morgan fingerprint density at radius 2 is 1.60 bits per heavy atom. The van der Waals surface area contributed by atoms with Gasteiger partial charge in [0.15, 0.2) is 0 Å². The van der Waals surface area contributed by atoms with Gasteiger partial charge in [0.2, 0.25) is 0 Å². The second-order valence-corrected chi connectivity index (χ2v) is 6.17. The number of hydrogen-bond donors (Lipinski definition) is 1. The number of rotatable bonds is 3. The van der Waals surface area contributed by atoms with E-state index in [-0.39, 0.29) is 4.90 Å². The summed E-state index contributed by atoms with van der Waals surface area (Å²) in [6, 6.07) is 14.3. The molecule has 0 aliphatic heterocycles. The lowest BCUT2D eigenvalue weighted by molar-refractivity contribution is 0.594. The van der Waals surface area contributed by atoms with E-state index in [1.54, 1.807) is 36.4 Å². The van der Waals surface area contributed by atoms with Gasteiger partial charge in [-0.3, -0.25) is 4.31 Å². The number of nitriles is 1. The van der Waals surface area contributed by atoms with E-state index in [1.165, 1.54) is 23.5 Å². The SMILES string of the molecule is CN(c1ccc(C#N)cc1)S(=O)(=O)c1ccc(N)cc1. The van der Waals surface area contributed by atoms with Gasteiger partial charge in [0.25, 0.3) is 10.0 Å². The predicted octanol–water partition coefficient (Wildman–Crippen LogP) is 1.97. The van der Waals surface area contributed by atoms with Crippen molar-refractivity contribution in [2.24, 2.45) is 0 Å². The van der Waals surface area contributed by atoms with E-state index in [4.69, 9.17) is 11.0 Å². The van der Waals surface area contributed by atoms with Gasteiger partial charge >= 0.3 is 0 Å². The molecule has 2 rings (SSSR count). The van der Waals surface area contributed by atoms with Crippen LogP contribution < -0.4 is 10.0 Å². The molecule has 0 saturated heterocycles. The fourth-order valence-corrected chi connectivity index (χ4v) is 2.88. The van der Waals surface area contributed by atoms with Gasteiger partial charge in [-0.25, -0.2) is 8.42 Å². The molecule has 0 amide bonds. The summed E-state index contributed by atoms with van der Waals surface area (Å²) in [5.74, 6) is 0. The average molecular weight is 287 g/mol. The topological polar surface area (TPSA) is 87.2 Å². The molecule has 0 aliphatic carbocycles. The highest BCUT2D eigenvalue weighted by atomic mass is 32.2. The Morgan fingerprint density at radius 3 is 2.10 bits per heavy atom. The molecule has 0 saturated carbocycles. The number of anilines is 2. The minimum absolute atomic E-state index is 0.165. The highest BCUT2D eigenvalue weighted by molar-refractivity contribution is 7.92. The first kappa shape index (κ1) is 13.9. The maximum Gasteiger partial charge on any atom is 0.264 e. The third kappa shape index (κ3) is 2.58. The maximum atomic E-state index is 12.4. The Bertz CT molecular complexity index is 745. The molecule has 6 heteroatoms. The zero-order valence-corrected chi connectivity index (χ0v) is 11.6. The Hall–Kier alpha value is -2.52. The van der Waals surface area contributed by atoms with Crippen molar-refractivity contribution in [1.82, 2.24) is 0 Å². The monoisotopic (exact) mass is 287 g/mol. The number of nitrogens with two attached hydrogens (primary N) is 1. The van der Waals surface area contributed by atoms with Crippen molar-refractivity contribution in [3.05, 3.63) is 54.1 Å². The lowest BCUT2D eigenvalue weighted by Gasteiger charge is -2.19. The number of nitrogens with zero attached hydrogens (tertiary/aromatic N) is 2. The van der Waals surface area contributed by atoms with Gasteiger partial charge in [-0.1, -0.05) is 0 Å². The summed E-state index contributed by atoms with van der Waals surface area (Å²) < 4.78 is 26.0. The van der Waals surface area contributed by atoms with Gasteiger partial charge in [0.05, 0.1) is 22.2 Å². The Kier molecular flexibility index (Phi) is 3.63. The molecule has 0 spiro atoms. The highest BCUT2D eigenvalue weighted by Crippen LogP contribution is 2.22. The van der Waals surface area contributed by atoms with Crippen LogP contribution in [0.1, 0.15) is 5.56 Å². The van der Waals surface area contributed by atoms with Crippen LogP contribution >= 0.6 is 0 Å². The number of sulfonamides is 1. The normalized spacial score (nSPS) is 10.8. The van der Waals surface area contributed by atoms with Crippen LogP contribution in [0, 0.1) is 11.3 Å². The molecule has 0 bridgehead atoms. The minimum Gasteiger partial charge on any atom is -0.399 e. The second kappa shape index (κ2) is 5.23. The van der Waals surface area contributed by atoms with E-state index >= 15 is 0 Å². The molecule has 0 radical (unpaired) electrons. The first-order chi connectivity index (χ1) is 9.45. The van der Waals surface area contributed by atoms with E-state index in [9.17, 15) is 8.42 Å². The summed E-state index contributed by atoms with van der Waals surface area (Å²) >= 11 is 0. The predicted molar refractivity (Wildman–Crippen MR) is 77.6 cm³/mol. The Balaban J connectivity index is 2.38. The molecule has 0 unspecified atom stereocenters. The lowest BCUT2D eigenvalue weighted by Crippen LogP contribution is -2.26. The van der Waals surface area contributed by atoms with Crippen molar-refractivity contribution in [1.29, 1.82) is 5.26 Å². The van der Waals surface area contributed by atoms with Crippen molar-refractivity contribution >= 4 is 21.4 Å². The largest absolute Gasteiger partial charge is 0.399 e. The summed E-state index contributed by atoms with van der Waals surface area (Å²) in [6.45, 7) is 0. The van der Waals surface area contributed by atoms with E-state index < -0.39 is 10.0 Å². The zero-order chi connectivity index (χ0) is 14.8. The van der Waals surface area contributed by atoms with Crippen LogP contribution in [-0.4, -0.2) is 15.5 Å². The second-order valence-electron chi connectivity index (χ2n) is 4.20. The Labute approximate surface area is 117 Å². The standard InChI is InChI=1S/C14H13N3O2S/c1-17(13-6-2-11(10-15)3-7-13)20(18,19)14-8-4-12(16)5-9-14/h2-9H,16H2,1H3. The van der Waals surface area contributed by atoms with Crippen molar-refractivity contribution in [2.45, 2.75) is 4.90 Å². The van der Waals surface area contributed by atoms with Crippen LogP contribution in [0.15, 0.2) is 53.4 Å². The molecule has 0 fully saturated rings. The minimum atomic E-state index is -3.63. The lowest BCUT2D eigenvalue weighted by atomic mass is 10.2. The Morgan fingerprint density at radius 1 is 1.05 bits per heavy atom. The number of nitrogen functional groups attached to an aromatic ring is 1.